The van der Waals surface area contributed by atoms with Crippen molar-refractivity contribution in [1.29, 1.82) is 0 Å². The van der Waals surface area contributed by atoms with Crippen molar-refractivity contribution in [1.82, 2.24) is 0 Å². The highest BCUT2D eigenvalue weighted by atomic mass is 16.5. The summed E-state index contributed by atoms with van der Waals surface area (Å²) in [4.78, 5) is 10.7. The van der Waals surface area contributed by atoms with Crippen LogP contribution < -0.4 is 0 Å². The van der Waals surface area contributed by atoms with Gasteiger partial charge in [-0.05, 0) is 37.0 Å². The smallest absolute Gasteiger partial charge is 0.335 e. The molecular formula is C12H14O3. The molecule has 3 nitrogen and oxygen atoms in total. The van der Waals surface area contributed by atoms with E-state index in [1.165, 1.54) is 6.42 Å². The molecule has 0 amide bonds. The molecular weight excluding hydrogens is 192 g/mol. The van der Waals surface area contributed by atoms with Crippen LogP contribution in [0.1, 0.15) is 35.2 Å². The molecule has 0 saturated heterocycles. The molecule has 0 unspecified atom stereocenters. The number of hydrogen-bond acceptors (Lipinski definition) is 2. The summed E-state index contributed by atoms with van der Waals surface area (Å²) in [6, 6.07) is 6.98. The third-order valence-electron chi connectivity index (χ3n) is 3.21. The Hall–Kier alpha value is -1.35. The van der Waals surface area contributed by atoms with Crippen molar-refractivity contribution in [2.24, 2.45) is 0 Å². The van der Waals surface area contributed by atoms with Crippen LogP contribution in [0.2, 0.25) is 0 Å². The van der Waals surface area contributed by atoms with E-state index < -0.39 is 5.97 Å². The summed E-state index contributed by atoms with van der Waals surface area (Å²) in [5.74, 6) is -0.887. The molecule has 1 aliphatic carbocycles. The summed E-state index contributed by atoms with van der Waals surface area (Å²) in [5.41, 5.74) is 1.25. The van der Waals surface area contributed by atoms with E-state index in [0.29, 0.717) is 5.56 Å². The zero-order valence-corrected chi connectivity index (χ0v) is 8.69. The van der Waals surface area contributed by atoms with Crippen LogP contribution in [0.25, 0.3) is 0 Å². The topological polar surface area (TPSA) is 46.5 Å². The van der Waals surface area contributed by atoms with Gasteiger partial charge >= 0.3 is 5.97 Å². The van der Waals surface area contributed by atoms with Crippen molar-refractivity contribution in [3.8, 4) is 0 Å². The van der Waals surface area contributed by atoms with E-state index in [1.807, 2.05) is 12.1 Å². The largest absolute Gasteiger partial charge is 0.478 e. The number of carboxylic acids is 1. The lowest BCUT2D eigenvalue weighted by atomic mass is 9.75. The fourth-order valence-electron chi connectivity index (χ4n) is 2.03. The van der Waals surface area contributed by atoms with Gasteiger partial charge in [-0.2, -0.15) is 0 Å². The summed E-state index contributed by atoms with van der Waals surface area (Å²) in [5, 5.41) is 8.78. The highest BCUT2D eigenvalue weighted by Crippen LogP contribution is 2.44. The zero-order valence-electron chi connectivity index (χ0n) is 8.69. The van der Waals surface area contributed by atoms with E-state index in [9.17, 15) is 4.79 Å². The fourth-order valence-corrected chi connectivity index (χ4v) is 2.03. The van der Waals surface area contributed by atoms with E-state index in [-0.39, 0.29) is 5.60 Å². The lowest BCUT2D eigenvalue weighted by Crippen LogP contribution is -2.35. The second kappa shape index (κ2) is 3.66. The average Bonchev–Trinajstić information content (AvgIpc) is 2.18. The summed E-state index contributed by atoms with van der Waals surface area (Å²) < 4.78 is 5.51. The Kier molecular flexibility index (Phi) is 2.49. The molecule has 80 valence electrons. The maximum atomic E-state index is 10.7. The van der Waals surface area contributed by atoms with Gasteiger partial charge in [0.05, 0.1) is 11.2 Å². The van der Waals surface area contributed by atoms with Crippen molar-refractivity contribution >= 4 is 5.97 Å². The van der Waals surface area contributed by atoms with Gasteiger partial charge in [-0.15, -0.1) is 0 Å². The van der Waals surface area contributed by atoms with Crippen molar-refractivity contribution in [3.05, 3.63) is 35.4 Å². The number of rotatable bonds is 3. The number of carboxylic acid groups (broad SMARTS) is 1. The third-order valence-corrected chi connectivity index (χ3v) is 3.21. The van der Waals surface area contributed by atoms with Crippen molar-refractivity contribution in [2.45, 2.75) is 24.9 Å². The number of aromatic carboxylic acids is 1. The van der Waals surface area contributed by atoms with Crippen LogP contribution >= 0.6 is 0 Å². The quantitative estimate of drug-likeness (QED) is 0.826. The van der Waals surface area contributed by atoms with Crippen LogP contribution in [-0.2, 0) is 10.3 Å². The molecule has 1 aromatic carbocycles. The Bertz CT molecular complexity index is 357. The number of hydrogen-bond donors (Lipinski definition) is 1. The fraction of sp³-hybridized carbons (Fsp3) is 0.417. The summed E-state index contributed by atoms with van der Waals surface area (Å²) in [6.07, 6.45) is 3.22. The lowest BCUT2D eigenvalue weighted by Gasteiger charge is -2.41. The Morgan fingerprint density at radius 3 is 2.27 bits per heavy atom. The first-order valence-electron chi connectivity index (χ1n) is 5.07. The molecule has 0 aliphatic heterocycles. The minimum atomic E-state index is -0.887. The highest BCUT2D eigenvalue weighted by Gasteiger charge is 2.38. The van der Waals surface area contributed by atoms with Crippen LogP contribution in [0.15, 0.2) is 24.3 Å². The Morgan fingerprint density at radius 2 is 1.93 bits per heavy atom. The van der Waals surface area contributed by atoms with Gasteiger partial charge in [-0.3, -0.25) is 0 Å². The molecule has 1 fully saturated rings. The first kappa shape index (κ1) is 10.2. The molecule has 2 rings (SSSR count). The third kappa shape index (κ3) is 1.63. The van der Waals surface area contributed by atoms with E-state index >= 15 is 0 Å². The molecule has 15 heavy (non-hydrogen) atoms. The molecule has 0 atom stereocenters. The molecule has 0 radical (unpaired) electrons. The van der Waals surface area contributed by atoms with E-state index in [1.54, 1.807) is 19.2 Å². The van der Waals surface area contributed by atoms with Crippen LogP contribution in [0.5, 0.6) is 0 Å². The molecule has 0 spiro atoms. The van der Waals surface area contributed by atoms with Gasteiger partial charge in [0.1, 0.15) is 0 Å². The number of benzene rings is 1. The summed E-state index contributed by atoms with van der Waals surface area (Å²) >= 11 is 0. The van der Waals surface area contributed by atoms with Gasteiger partial charge < -0.3 is 9.84 Å². The Balaban J connectivity index is 2.26. The second-order valence-corrected chi connectivity index (χ2v) is 3.93. The predicted octanol–water partition coefficient (Wildman–Crippen LogP) is 2.41. The highest BCUT2D eigenvalue weighted by molar-refractivity contribution is 5.87. The van der Waals surface area contributed by atoms with E-state index in [4.69, 9.17) is 9.84 Å². The van der Waals surface area contributed by atoms with Gasteiger partial charge in [0, 0.05) is 7.11 Å². The normalized spacial score (nSPS) is 18.2. The minimum absolute atomic E-state index is 0.156. The number of ether oxygens (including phenoxy) is 1. The van der Waals surface area contributed by atoms with E-state index in [0.717, 1.165) is 18.4 Å². The molecule has 1 N–H and O–H groups in total. The summed E-state index contributed by atoms with van der Waals surface area (Å²) in [6.45, 7) is 0. The Morgan fingerprint density at radius 1 is 1.33 bits per heavy atom. The number of methoxy groups -OCH3 is 1. The van der Waals surface area contributed by atoms with Gasteiger partial charge in [-0.1, -0.05) is 12.1 Å². The first-order valence-corrected chi connectivity index (χ1v) is 5.07. The molecule has 3 heteroatoms. The molecule has 1 aromatic rings. The second-order valence-electron chi connectivity index (χ2n) is 3.93. The number of carbonyl (C=O) groups is 1. The first-order chi connectivity index (χ1) is 7.18. The van der Waals surface area contributed by atoms with Gasteiger partial charge in [0.15, 0.2) is 0 Å². The van der Waals surface area contributed by atoms with Crippen LogP contribution in [0, 0.1) is 0 Å². The Labute approximate surface area is 88.7 Å². The van der Waals surface area contributed by atoms with Gasteiger partial charge in [0.2, 0.25) is 0 Å². The predicted molar refractivity (Wildman–Crippen MR) is 55.9 cm³/mol. The molecule has 0 heterocycles. The van der Waals surface area contributed by atoms with Crippen LogP contribution in [0.4, 0.5) is 0 Å². The monoisotopic (exact) mass is 206 g/mol. The van der Waals surface area contributed by atoms with E-state index in [2.05, 4.69) is 0 Å². The van der Waals surface area contributed by atoms with Gasteiger partial charge in [0.25, 0.3) is 0 Å². The molecule has 1 saturated carbocycles. The van der Waals surface area contributed by atoms with Crippen molar-refractivity contribution in [3.63, 3.8) is 0 Å². The molecule has 0 bridgehead atoms. The SMILES string of the molecule is COC1(c2ccc(C(=O)O)cc2)CCC1. The van der Waals surface area contributed by atoms with Crippen LogP contribution in [0.3, 0.4) is 0 Å². The maximum absolute atomic E-state index is 10.7. The summed E-state index contributed by atoms with van der Waals surface area (Å²) in [7, 11) is 1.71. The molecule has 1 aliphatic rings. The molecule has 0 aromatic heterocycles. The standard InChI is InChI=1S/C12H14O3/c1-15-12(7-2-8-12)10-5-3-9(4-6-10)11(13)14/h3-6H,2,7-8H2,1H3,(H,13,14). The zero-order chi connectivity index (χ0) is 10.9. The van der Waals surface area contributed by atoms with Gasteiger partial charge in [-0.25, -0.2) is 4.79 Å². The maximum Gasteiger partial charge on any atom is 0.335 e. The van der Waals surface area contributed by atoms with Crippen LogP contribution in [-0.4, -0.2) is 18.2 Å². The lowest BCUT2D eigenvalue weighted by molar-refractivity contribution is -0.0778. The van der Waals surface area contributed by atoms with Crippen molar-refractivity contribution < 1.29 is 14.6 Å². The van der Waals surface area contributed by atoms with Crippen molar-refractivity contribution in [2.75, 3.05) is 7.11 Å². The average molecular weight is 206 g/mol. The minimum Gasteiger partial charge on any atom is -0.478 e.